The van der Waals surface area contributed by atoms with Crippen LogP contribution in [0.2, 0.25) is 0 Å². The van der Waals surface area contributed by atoms with E-state index in [1.165, 1.54) is 11.3 Å². The van der Waals surface area contributed by atoms with E-state index in [9.17, 15) is 4.79 Å². The maximum absolute atomic E-state index is 12.4. The van der Waals surface area contributed by atoms with Gasteiger partial charge in [0.1, 0.15) is 0 Å². The number of carbonyl (C=O) groups is 1. The van der Waals surface area contributed by atoms with E-state index in [-0.39, 0.29) is 5.91 Å². The first-order valence-corrected chi connectivity index (χ1v) is 9.84. The highest BCUT2D eigenvalue weighted by molar-refractivity contribution is 7.17. The minimum atomic E-state index is -0.212. The van der Waals surface area contributed by atoms with Crippen LogP contribution in [-0.2, 0) is 7.05 Å². The quantitative estimate of drug-likeness (QED) is 0.642. The Bertz CT molecular complexity index is 797. The third kappa shape index (κ3) is 4.69. The van der Waals surface area contributed by atoms with Crippen LogP contribution in [0.1, 0.15) is 67.4 Å². The first kappa shape index (κ1) is 20.1. The molecule has 140 valence electrons. The topological polar surface area (TPSA) is 59.8 Å². The Labute approximate surface area is 159 Å². The van der Waals surface area contributed by atoms with Gasteiger partial charge in [0.25, 0.3) is 5.91 Å². The summed E-state index contributed by atoms with van der Waals surface area (Å²) in [4.78, 5) is 18.0. The van der Waals surface area contributed by atoms with Gasteiger partial charge in [0.2, 0.25) is 0 Å². The molecule has 0 atom stereocenters. The highest BCUT2D eigenvalue weighted by Crippen LogP contribution is 2.38. The number of aryl methyl sites for hydroxylation is 1. The molecule has 2 aromatic rings. The van der Waals surface area contributed by atoms with Gasteiger partial charge >= 0.3 is 0 Å². The zero-order valence-electron chi connectivity index (χ0n) is 16.1. The van der Waals surface area contributed by atoms with E-state index < -0.39 is 0 Å². The van der Waals surface area contributed by atoms with E-state index in [1.807, 2.05) is 6.92 Å². The second-order valence-corrected chi connectivity index (χ2v) is 7.63. The van der Waals surface area contributed by atoms with Crippen molar-refractivity contribution in [3.63, 3.8) is 0 Å². The molecule has 0 bridgehead atoms. The standard InChI is InChI=1S/C20H28N4OS/c1-7-9-15(10-8-2)14(5)18-17(13(3)4)22-20(26-18)23-19(25)16-11-21-24(6)12-16/h11-12,15H,3,5,7-10H2,1-2,4,6H3,(H,22,23,25). The predicted molar refractivity (Wildman–Crippen MR) is 110 cm³/mol. The zero-order chi connectivity index (χ0) is 19.3. The normalized spacial score (nSPS) is 11.0. The molecule has 2 heterocycles. The Hall–Kier alpha value is -2.21. The minimum Gasteiger partial charge on any atom is -0.298 e. The lowest BCUT2D eigenvalue weighted by molar-refractivity contribution is 0.102. The van der Waals surface area contributed by atoms with Gasteiger partial charge in [-0.3, -0.25) is 14.8 Å². The second kappa shape index (κ2) is 8.94. The van der Waals surface area contributed by atoms with Crippen LogP contribution in [0.25, 0.3) is 11.1 Å². The van der Waals surface area contributed by atoms with E-state index in [2.05, 4.69) is 42.4 Å². The summed E-state index contributed by atoms with van der Waals surface area (Å²) in [7, 11) is 1.78. The Morgan fingerprint density at radius 3 is 2.46 bits per heavy atom. The maximum atomic E-state index is 12.4. The molecule has 0 aromatic carbocycles. The van der Waals surface area contributed by atoms with Crippen molar-refractivity contribution in [2.75, 3.05) is 5.32 Å². The van der Waals surface area contributed by atoms with Gasteiger partial charge in [-0.05, 0) is 36.8 Å². The van der Waals surface area contributed by atoms with Crippen LogP contribution in [0.15, 0.2) is 25.6 Å². The number of carbonyl (C=O) groups excluding carboxylic acids is 1. The van der Waals surface area contributed by atoms with Gasteiger partial charge < -0.3 is 0 Å². The molecule has 0 aliphatic heterocycles. The lowest BCUT2D eigenvalue weighted by Gasteiger charge is -2.18. The number of rotatable bonds is 9. The molecule has 0 saturated heterocycles. The number of thiazole rings is 1. The molecule has 0 spiro atoms. The van der Waals surface area contributed by atoms with E-state index in [0.717, 1.165) is 47.4 Å². The van der Waals surface area contributed by atoms with E-state index in [4.69, 9.17) is 0 Å². The minimum absolute atomic E-state index is 0.212. The molecule has 1 N–H and O–H groups in total. The van der Waals surface area contributed by atoms with E-state index in [1.54, 1.807) is 24.1 Å². The van der Waals surface area contributed by atoms with E-state index in [0.29, 0.717) is 16.6 Å². The van der Waals surface area contributed by atoms with Crippen molar-refractivity contribution in [3.8, 4) is 0 Å². The van der Waals surface area contributed by atoms with Crippen molar-refractivity contribution in [1.29, 1.82) is 0 Å². The molecule has 0 aliphatic carbocycles. The van der Waals surface area contributed by atoms with Crippen LogP contribution in [0.5, 0.6) is 0 Å². The molecule has 6 heteroatoms. The maximum Gasteiger partial charge on any atom is 0.260 e. The number of amides is 1. The lowest BCUT2D eigenvalue weighted by Crippen LogP contribution is -2.10. The van der Waals surface area contributed by atoms with Crippen molar-refractivity contribution in [2.45, 2.75) is 46.5 Å². The van der Waals surface area contributed by atoms with Gasteiger partial charge in [0.05, 0.1) is 22.3 Å². The van der Waals surface area contributed by atoms with Crippen molar-refractivity contribution >= 4 is 33.5 Å². The Kier molecular flexibility index (Phi) is 6.91. The molecule has 26 heavy (non-hydrogen) atoms. The number of nitrogens with one attached hydrogen (secondary N) is 1. The van der Waals surface area contributed by atoms with Crippen molar-refractivity contribution in [2.24, 2.45) is 13.0 Å². The second-order valence-electron chi connectivity index (χ2n) is 6.63. The van der Waals surface area contributed by atoms with Gasteiger partial charge in [-0.25, -0.2) is 4.98 Å². The monoisotopic (exact) mass is 372 g/mol. The largest absolute Gasteiger partial charge is 0.298 e. The fourth-order valence-corrected chi connectivity index (χ4v) is 4.05. The average Bonchev–Trinajstić information content (AvgIpc) is 3.20. The van der Waals surface area contributed by atoms with Gasteiger partial charge in [-0.15, -0.1) is 0 Å². The summed E-state index contributed by atoms with van der Waals surface area (Å²) in [6.07, 6.45) is 7.68. The number of allylic oxidation sites excluding steroid dienone is 2. The molecule has 0 unspecified atom stereocenters. The van der Waals surface area contributed by atoms with Gasteiger partial charge in [0, 0.05) is 13.2 Å². The zero-order valence-corrected chi connectivity index (χ0v) is 16.9. The molecule has 2 aromatic heterocycles. The fraction of sp³-hybridized carbons (Fsp3) is 0.450. The summed E-state index contributed by atoms with van der Waals surface area (Å²) >= 11 is 1.48. The van der Waals surface area contributed by atoms with Crippen LogP contribution >= 0.6 is 11.3 Å². The van der Waals surface area contributed by atoms with Crippen molar-refractivity contribution in [1.82, 2.24) is 14.8 Å². The lowest BCUT2D eigenvalue weighted by atomic mass is 9.89. The molecule has 0 aliphatic rings. The molecule has 0 radical (unpaired) electrons. The molecule has 0 fully saturated rings. The summed E-state index contributed by atoms with van der Waals surface area (Å²) in [5, 5.41) is 7.48. The average molecular weight is 373 g/mol. The first-order valence-electron chi connectivity index (χ1n) is 9.03. The molecule has 2 rings (SSSR count). The summed E-state index contributed by atoms with van der Waals surface area (Å²) in [6.45, 7) is 14.7. The molecule has 0 saturated carbocycles. The Morgan fingerprint density at radius 2 is 1.96 bits per heavy atom. The number of aromatic nitrogens is 3. The third-order valence-electron chi connectivity index (χ3n) is 4.28. The number of anilines is 1. The number of hydrogen-bond donors (Lipinski definition) is 1. The van der Waals surface area contributed by atoms with Crippen LogP contribution in [0, 0.1) is 5.92 Å². The molecular formula is C20H28N4OS. The SMILES string of the molecule is C=C(C)c1nc(NC(=O)c2cnn(C)c2)sc1C(=C)C(CCC)CCC. The molecule has 5 nitrogen and oxygen atoms in total. The van der Waals surface area contributed by atoms with Gasteiger partial charge in [0.15, 0.2) is 5.13 Å². The van der Waals surface area contributed by atoms with Crippen molar-refractivity contribution in [3.05, 3.63) is 41.7 Å². The van der Waals surface area contributed by atoms with Crippen LogP contribution in [0.3, 0.4) is 0 Å². The van der Waals surface area contributed by atoms with Gasteiger partial charge in [-0.1, -0.05) is 51.2 Å². The number of nitrogens with zero attached hydrogens (tertiary/aromatic N) is 3. The first-order chi connectivity index (χ1) is 12.4. The predicted octanol–water partition coefficient (Wildman–Crippen LogP) is 5.39. The number of hydrogen-bond acceptors (Lipinski definition) is 4. The Balaban J connectivity index is 2.28. The Morgan fingerprint density at radius 1 is 1.31 bits per heavy atom. The highest BCUT2D eigenvalue weighted by atomic mass is 32.1. The summed E-state index contributed by atoms with van der Waals surface area (Å²) < 4.78 is 1.60. The van der Waals surface area contributed by atoms with Crippen LogP contribution in [0.4, 0.5) is 5.13 Å². The van der Waals surface area contributed by atoms with Crippen LogP contribution < -0.4 is 5.32 Å². The van der Waals surface area contributed by atoms with Crippen molar-refractivity contribution < 1.29 is 4.79 Å². The van der Waals surface area contributed by atoms with Gasteiger partial charge in [-0.2, -0.15) is 5.10 Å². The molecule has 1 amide bonds. The summed E-state index contributed by atoms with van der Waals surface area (Å²) in [5.41, 5.74) is 3.32. The highest BCUT2D eigenvalue weighted by Gasteiger charge is 2.21. The third-order valence-corrected chi connectivity index (χ3v) is 5.32. The summed E-state index contributed by atoms with van der Waals surface area (Å²) in [5.74, 6) is 0.223. The smallest absolute Gasteiger partial charge is 0.260 e. The summed E-state index contributed by atoms with van der Waals surface area (Å²) in [6, 6.07) is 0. The van der Waals surface area contributed by atoms with E-state index >= 15 is 0 Å². The molecular weight excluding hydrogens is 344 g/mol. The van der Waals surface area contributed by atoms with Crippen LogP contribution in [-0.4, -0.2) is 20.7 Å². The fourth-order valence-electron chi connectivity index (χ4n) is 2.96.